The van der Waals surface area contributed by atoms with E-state index in [-0.39, 0.29) is 11.9 Å². The van der Waals surface area contributed by atoms with Crippen molar-refractivity contribution >= 4 is 16.8 Å². The molecule has 2 heterocycles. The molecule has 2 aromatic carbocycles. The Kier molecular flexibility index (Phi) is 5.37. The fourth-order valence-electron chi connectivity index (χ4n) is 4.37. The van der Waals surface area contributed by atoms with E-state index in [1.807, 2.05) is 31.2 Å². The van der Waals surface area contributed by atoms with Gasteiger partial charge in [-0.3, -0.25) is 4.79 Å². The first-order valence-corrected chi connectivity index (χ1v) is 10.5. The summed E-state index contributed by atoms with van der Waals surface area (Å²) in [6.07, 6.45) is 2.06. The summed E-state index contributed by atoms with van der Waals surface area (Å²) in [5.41, 5.74) is 6.96. The number of pyridine rings is 1. The van der Waals surface area contributed by atoms with Gasteiger partial charge in [0.25, 0.3) is 5.91 Å². The third kappa shape index (κ3) is 3.90. The molecule has 0 radical (unpaired) electrons. The summed E-state index contributed by atoms with van der Waals surface area (Å²) < 4.78 is 0. The highest BCUT2D eigenvalue weighted by Crippen LogP contribution is 2.32. The van der Waals surface area contributed by atoms with Crippen LogP contribution in [0.1, 0.15) is 39.9 Å². The van der Waals surface area contributed by atoms with Gasteiger partial charge in [-0.1, -0.05) is 35.9 Å². The van der Waals surface area contributed by atoms with Gasteiger partial charge in [0, 0.05) is 29.8 Å². The van der Waals surface area contributed by atoms with Gasteiger partial charge in [-0.2, -0.15) is 0 Å². The predicted octanol–water partition coefficient (Wildman–Crippen LogP) is 3.23. The number of benzene rings is 2. The third-order valence-corrected chi connectivity index (χ3v) is 6.19. The van der Waals surface area contributed by atoms with Gasteiger partial charge in [-0.15, -0.1) is 0 Å². The maximum atomic E-state index is 13.4. The molecule has 1 saturated heterocycles. The van der Waals surface area contributed by atoms with E-state index >= 15 is 0 Å². The van der Waals surface area contributed by atoms with E-state index in [0.717, 1.165) is 59.2 Å². The fourth-order valence-corrected chi connectivity index (χ4v) is 4.37. The number of para-hydroxylation sites is 1. The van der Waals surface area contributed by atoms with E-state index in [9.17, 15) is 4.79 Å². The van der Waals surface area contributed by atoms with E-state index in [2.05, 4.69) is 44.4 Å². The van der Waals surface area contributed by atoms with Crippen LogP contribution in [0, 0.1) is 20.8 Å². The van der Waals surface area contributed by atoms with E-state index in [0.29, 0.717) is 0 Å². The van der Waals surface area contributed by atoms with Crippen LogP contribution in [0.15, 0.2) is 42.5 Å². The van der Waals surface area contributed by atoms with Crippen LogP contribution in [0.3, 0.4) is 0 Å². The Morgan fingerprint density at radius 1 is 1.07 bits per heavy atom. The molecule has 0 saturated carbocycles. The summed E-state index contributed by atoms with van der Waals surface area (Å²) in [4.78, 5) is 19.9. The maximum absolute atomic E-state index is 13.4. The van der Waals surface area contributed by atoms with Gasteiger partial charge in [0.05, 0.1) is 36.9 Å². The largest absolute Gasteiger partial charge is 0.349 e. The summed E-state index contributed by atoms with van der Waals surface area (Å²) >= 11 is 0. The molecule has 0 atom stereocenters. The second-order valence-electron chi connectivity index (χ2n) is 8.50. The molecule has 150 valence electrons. The van der Waals surface area contributed by atoms with Crippen LogP contribution in [-0.4, -0.2) is 37.1 Å². The molecule has 4 heteroatoms. The standard InChI is InChI=1S/C25H29N3O/c1-16-9-10-17(2)21(15-16)24-18(3)23(20-7-5-6-8-22(20)27-24)25(29)26-19-11-13-28(4)14-12-19/h5-10,15,19H,11-14H2,1-4H3,(H,26,29)/p+1. The molecule has 0 spiro atoms. The Bertz CT molecular complexity index is 1070. The molecule has 0 unspecified atom stereocenters. The van der Waals surface area contributed by atoms with Gasteiger partial charge in [0.1, 0.15) is 0 Å². The first kappa shape index (κ1) is 19.6. The lowest BCUT2D eigenvalue weighted by Crippen LogP contribution is -3.10. The SMILES string of the molecule is Cc1ccc(C)c(-c2nc3ccccc3c(C(=O)NC3CC[NH+](C)CC3)c2C)c1. The van der Waals surface area contributed by atoms with E-state index in [1.165, 1.54) is 11.1 Å². The summed E-state index contributed by atoms with van der Waals surface area (Å²) in [5.74, 6) is 0.0252. The van der Waals surface area contributed by atoms with Crippen molar-refractivity contribution in [3.8, 4) is 11.3 Å². The number of nitrogens with zero attached hydrogens (tertiary/aromatic N) is 1. The first-order valence-electron chi connectivity index (χ1n) is 10.5. The molecule has 1 aliphatic rings. The Hall–Kier alpha value is -2.72. The number of hydrogen-bond acceptors (Lipinski definition) is 2. The van der Waals surface area contributed by atoms with Crippen molar-refractivity contribution in [1.82, 2.24) is 10.3 Å². The molecule has 4 nitrogen and oxygen atoms in total. The van der Waals surface area contributed by atoms with Crippen molar-refractivity contribution < 1.29 is 9.69 Å². The lowest BCUT2D eigenvalue weighted by Gasteiger charge is -2.27. The number of carbonyl (C=O) groups excluding carboxylic acids is 1. The molecular weight excluding hydrogens is 358 g/mol. The minimum atomic E-state index is 0.0252. The van der Waals surface area contributed by atoms with Gasteiger partial charge < -0.3 is 10.2 Å². The number of nitrogens with one attached hydrogen (secondary N) is 2. The molecule has 0 aliphatic carbocycles. The van der Waals surface area contributed by atoms with Crippen LogP contribution in [0.2, 0.25) is 0 Å². The fraction of sp³-hybridized carbons (Fsp3) is 0.360. The summed E-state index contributed by atoms with van der Waals surface area (Å²) in [6.45, 7) is 8.44. The highest BCUT2D eigenvalue weighted by Gasteiger charge is 2.25. The number of carbonyl (C=O) groups is 1. The lowest BCUT2D eigenvalue weighted by atomic mass is 9.94. The van der Waals surface area contributed by atoms with Crippen LogP contribution < -0.4 is 10.2 Å². The monoisotopic (exact) mass is 388 g/mol. The van der Waals surface area contributed by atoms with Crippen molar-refractivity contribution in [3.05, 3.63) is 64.7 Å². The quantitative estimate of drug-likeness (QED) is 0.724. The Morgan fingerprint density at radius 3 is 2.55 bits per heavy atom. The summed E-state index contributed by atoms with van der Waals surface area (Å²) in [6, 6.07) is 14.6. The van der Waals surface area contributed by atoms with Crippen LogP contribution in [0.5, 0.6) is 0 Å². The molecule has 1 amide bonds. The van der Waals surface area contributed by atoms with Gasteiger partial charge in [-0.05, 0) is 44.0 Å². The molecule has 0 bridgehead atoms. The first-order chi connectivity index (χ1) is 13.9. The van der Waals surface area contributed by atoms with Crippen LogP contribution in [-0.2, 0) is 0 Å². The van der Waals surface area contributed by atoms with Crippen LogP contribution in [0.4, 0.5) is 0 Å². The third-order valence-electron chi connectivity index (χ3n) is 6.19. The number of rotatable bonds is 3. The number of hydrogen-bond donors (Lipinski definition) is 2. The van der Waals surface area contributed by atoms with Crippen molar-refractivity contribution in [3.63, 3.8) is 0 Å². The number of quaternary nitrogens is 1. The lowest BCUT2D eigenvalue weighted by molar-refractivity contribution is -0.884. The van der Waals surface area contributed by atoms with Crippen molar-refractivity contribution in [2.45, 2.75) is 39.7 Å². The summed E-state index contributed by atoms with van der Waals surface area (Å²) in [7, 11) is 2.22. The zero-order chi connectivity index (χ0) is 20.5. The maximum Gasteiger partial charge on any atom is 0.252 e. The minimum Gasteiger partial charge on any atom is -0.349 e. The zero-order valence-corrected chi connectivity index (χ0v) is 17.8. The molecule has 1 aliphatic heterocycles. The zero-order valence-electron chi connectivity index (χ0n) is 17.8. The van der Waals surface area contributed by atoms with Crippen molar-refractivity contribution in [2.24, 2.45) is 0 Å². The Balaban J connectivity index is 1.81. The average Bonchev–Trinajstić information content (AvgIpc) is 2.71. The second-order valence-corrected chi connectivity index (χ2v) is 8.50. The normalized spacial score (nSPS) is 19.3. The van der Waals surface area contributed by atoms with Gasteiger partial charge in [-0.25, -0.2) is 4.98 Å². The van der Waals surface area contributed by atoms with Gasteiger partial charge >= 0.3 is 0 Å². The molecule has 2 N–H and O–H groups in total. The van der Waals surface area contributed by atoms with Gasteiger partial charge in [0.15, 0.2) is 0 Å². The molecule has 1 aromatic heterocycles. The number of piperidine rings is 1. The Labute approximate surface area is 173 Å². The van der Waals surface area contributed by atoms with E-state index in [4.69, 9.17) is 4.98 Å². The molecule has 4 rings (SSSR count). The predicted molar refractivity (Wildman–Crippen MR) is 118 cm³/mol. The highest BCUT2D eigenvalue weighted by atomic mass is 16.1. The Morgan fingerprint density at radius 2 is 1.79 bits per heavy atom. The van der Waals surface area contributed by atoms with Crippen LogP contribution in [0.25, 0.3) is 22.2 Å². The average molecular weight is 389 g/mol. The minimum absolute atomic E-state index is 0.0252. The van der Waals surface area contributed by atoms with Crippen molar-refractivity contribution in [1.29, 1.82) is 0 Å². The number of aryl methyl sites for hydroxylation is 2. The molecule has 1 fully saturated rings. The number of amides is 1. The van der Waals surface area contributed by atoms with Crippen LogP contribution >= 0.6 is 0 Å². The molecule has 29 heavy (non-hydrogen) atoms. The topological polar surface area (TPSA) is 46.4 Å². The molecular formula is C25H30N3O+. The number of aromatic nitrogens is 1. The van der Waals surface area contributed by atoms with Crippen molar-refractivity contribution in [2.75, 3.05) is 20.1 Å². The summed E-state index contributed by atoms with van der Waals surface area (Å²) in [5, 5.41) is 4.24. The molecule has 3 aromatic rings. The highest BCUT2D eigenvalue weighted by molar-refractivity contribution is 6.09. The number of likely N-dealkylation sites (tertiary alicyclic amines) is 1. The van der Waals surface area contributed by atoms with E-state index in [1.54, 1.807) is 4.90 Å². The smallest absolute Gasteiger partial charge is 0.252 e. The number of fused-ring (bicyclic) bond motifs is 1. The second kappa shape index (κ2) is 7.96. The van der Waals surface area contributed by atoms with E-state index < -0.39 is 0 Å². The van der Waals surface area contributed by atoms with Gasteiger partial charge in [0.2, 0.25) is 0 Å².